The van der Waals surface area contributed by atoms with Gasteiger partial charge in [0, 0.05) is 32.6 Å². The van der Waals surface area contributed by atoms with Crippen molar-refractivity contribution in [1.29, 1.82) is 5.26 Å². The molecule has 3 heterocycles. The molecule has 0 aliphatic carbocycles. The van der Waals surface area contributed by atoms with E-state index in [4.69, 9.17) is 4.98 Å². The largest absolute Gasteiger partial charge is 0.309 e. The fraction of sp³-hybridized carbons (Fsp3) is 0. The van der Waals surface area contributed by atoms with E-state index in [9.17, 15) is 5.26 Å². The number of para-hydroxylation sites is 4. The third kappa shape index (κ3) is 3.41. The van der Waals surface area contributed by atoms with Gasteiger partial charge in [-0.05, 0) is 59.7 Å². The molecular weight excluding hydrogens is 536 g/mol. The molecule has 0 amide bonds. The first kappa shape index (κ1) is 24.4. The van der Waals surface area contributed by atoms with Crippen LogP contribution in [0, 0.1) is 11.3 Å². The van der Waals surface area contributed by atoms with Crippen molar-refractivity contribution >= 4 is 54.5 Å². The Kier molecular flexibility index (Phi) is 5.23. The quantitative estimate of drug-likeness (QED) is 0.216. The molecule has 0 atom stereocenters. The summed E-state index contributed by atoms with van der Waals surface area (Å²) in [6.45, 7) is 0. The summed E-state index contributed by atoms with van der Waals surface area (Å²) in [6, 6.07) is 53.1. The number of hydrogen-bond donors (Lipinski definition) is 0. The first-order chi connectivity index (χ1) is 21.8. The molecule has 204 valence electrons. The maximum Gasteiger partial charge on any atom is 0.139 e. The number of rotatable bonds is 3. The highest BCUT2D eigenvalue weighted by Gasteiger charge is 2.21. The van der Waals surface area contributed by atoms with E-state index in [0.29, 0.717) is 5.56 Å². The van der Waals surface area contributed by atoms with Crippen LogP contribution in [0.3, 0.4) is 0 Å². The Balaban J connectivity index is 1.40. The van der Waals surface area contributed by atoms with Crippen LogP contribution in [0.1, 0.15) is 5.56 Å². The summed E-state index contributed by atoms with van der Waals surface area (Å²) < 4.78 is 4.56. The van der Waals surface area contributed by atoms with Crippen LogP contribution in [0.5, 0.6) is 0 Å². The molecule has 4 nitrogen and oxygen atoms in total. The molecule has 9 aromatic rings. The van der Waals surface area contributed by atoms with Crippen LogP contribution in [0.2, 0.25) is 0 Å². The smallest absolute Gasteiger partial charge is 0.139 e. The van der Waals surface area contributed by atoms with Crippen LogP contribution in [0.25, 0.3) is 77.1 Å². The highest BCUT2D eigenvalue weighted by atomic mass is 15.1. The Morgan fingerprint density at radius 2 is 1.00 bits per heavy atom. The summed E-state index contributed by atoms with van der Waals surface area (Å²) in [6.07, 6.45) is 0. The number of fused-ring (bicyclic) bond motifs is 7. The van der Waals surface area contributed by atoms with Gasteiger partial charge in [-0.3, -0.25) is 4.57 Å². The van der Waals surface area contributed by atoms with Crippen molar-refractivity contribution in [3.8, 4) is 28.7 Å². The van der Waals surface area contributed by atoms with E-state index in [-0.39, 0.29) is 0 Å². The van der Waals surface area contributed by atoms with Crippen LogP contribution >= 0.6 is 0 Å². The minimum absolute atomic E-state index is 0.617. The van der Waals surface area contributed by atoms with E-state index in [1.165, 1.54) is 38.3 Å². The third-order valence-electron chi connectivity index (χ3n) is 8.75. The molecular formula is C40H24N4. The topological polar surface area (TPSA) is 46.5 Å². The molecule has 6 aromatic carbocycles. The lowest BCUT2D eigenvalue weighted by Crippen LogP contribution is -1.99. The van der Waals surface area contributed by atoms with E-state index in [2.05, 4.69) is 130 Å². The van der Waals surface area contributed by atoms with Gasteiger partial charge in [-0.15, -0.1) is 0 Å². The second-order valence-electron chi connectivity index (χ2n) is 11.1. The molecule has 0 aliphatic heterocycles. The molecule has 0 unspecified atom stereocenters. The summed E-state index contributed by atoms with van der Waals surface area (Å²) in [5, 5.41) is 15.7. The monoisotopic (exact) mass is 560 g/mol. The lowest BCUT2D eigenvalue weighted by Gasteiger charge is -2.11. The van der Waals surface area contributed by atoms with Gasteiger partial charge in [0.1, 0.15) is 5.82 Å². The van der Waals surface area contributed by atoms with E-state index in [1.54, 1.807) is 0 Å². The maximum atomic E-state index is 10.1. The molecule has 0 fully saturated rings. The molecule has 0 spiro atoms. The Morgan fingerprint density at radius 1 is 0.477 bits per heavy atom. The fourth-order valence-corrected chi connectivity index (χ4v) is 6.96. The van der Waals surface area contributed by atoms with Crippen molar-refractivity contribution in [2.75, 3.05) is 0 Å². The molecule has 4 heteroatoms. The number of benzene rings is 6. The highest BCUT2D eigenvalue weighted by Crippen LogP contribution is 2.43. The highest BCUT2D eigenvalue weighted by molar-refractivity contribution is 6.22. The van der Waals surface area contributed by atoms with E-state index >= 15 is 0 Å². The van der Waals surface area contributed by atoms with Gasteiger partial charge in [-0.1, -0.05) is 97.1 Å². The summed E-state index contributed by atoms with van der Waals surface area (Å²) in [7, 11) is 0. The Morgan fingerprint density at radius 3 is 1.66 bits per heavy atom. The molecule has 0 radical (unpaired) electrons. The van der Waals surface area contributed by atoms with Crippen molar-refractivity contribution in [3.63, 3.8) is 0 Å². The zero-order valence-electron chi connectivity index (χ0n) is 23.6. The van der Waals surface area contributed by atoms with Crippen LogP contribution in [0.4, 0.5) is 0 Å². The first-order valence-electron chi connectivity index (χ1n) is 14.7. The normalized spacial score (nSPS) is 11.6. The summed E-state index contributed by atoms with van der Waals surface area (Å²) in [4.78, 5) is 5.07. The van der Waals surface area contributed by atoms with Gasteiger partial charge in [0.25, 0.3) is 0 Å². The van der Waals surface area contributed by atoms with Crippen LogP contribution < -0.4 is 0 Å². The molecule has 0 saturated heterocycles. The maximum absolute atomic E-state index is 10.1. The Bertz CT molecular complexity index is 2620. The lowest BCUT2D eigenvalue weighted by atomic mass is 9.95. The zero-order valence-corrected chi connectivity index (χ0v) is 23.6. The zero-order chi connectivity index (χ0) is 29.2. The van der Waals surface area contributed by atoms with Gasteiger partial charge < -0.3 is 4.57 Å². The van der Waals surface area contributed by atoms with Crippen LogP contribution in [0.15, 0.2) is 146 Å². The number of hydrogen-bond acceptors (Lipinski definition) is 2. The van der Waals surface area contributed by atoms with Gasteiger partial charge in [0.05, 0.1) is 39.2 Å². The van der Waals surface area contributed by atoms with Gasteiger partial charge in [0.2, 0.25) is 0 Å². The van der Waals surface area contributed by atoms with Crippen molar-refractivity contribution < 1.29 is 0 Å². The number of nitrogens with zero attached hydrogens (tertiary/aromatic N) is 4. The van der Waals surface area contributed by atoms with Crippen LogP contribution in [-0.2, 0) is 0 Å². The van der Waals surface area contributed by atoms with Gasteiger partial charge in [-0.25, -0.2) is 4.98 Å². The lowest BCUT2D eigenvalue weighted by molar-refractivity contribution is 1.10. The van der Waals surface area contributed by atoms with Crippen molar-refractivity contribution in [2.24, 2.45) is 0 Å². The van der Waals surface area contributed by atoms with Crippen molar-refractivity contribution in [1.82, 2.24) is 14.1 Å². The second kappa shape index (κ2) is 9.42. The molecule has 44 heavy (non-hydrogen) atoms. The molecule has 0 aliphatic rings. The summed E-state index contributed by atoms with van der Waals surface area (Å²) in [5.74, 6) is 0.738. The predicted molar refractivity (Wildman–Crippen MR) is 181 cm³/mol. The predicted octanol–water partition coefficient (Wildman–Crippen LogP) is 9.97. The Hall–Kier alpha value is -6.18. The molecule has 3 aromatic heterocycles. The van der Waals surface area contributed by atoms with Gasteiger partial charge in [0.15, 0.2) is 0 Å². The van der Waals surface area contributed by atoms with Gasteiger partial charge in [-0.2, -0.15) is 5.26 Å². The van der Waals surface area contributed by atoms with Gasteiger partial charge >= 0.3 is 0 Å². The summed E-state index contributed by atoms with van der Waals surface area (Å²) >= 11 is 0. The second-order valence-corrected chi connectivity index (χ2v) is 11.1. The summed E-state index contributed by atoms with van der Waals surface area (Å²) in [5.41, 5.74) is 9.38. The van der Waals surface area contributed by atoms with E-state index < -0.39 is 0 Å². The molecule has 9 rings (SSSR count). The number of aromatic nitrogens is 3. The van der Waals surface area contributed by atoms with Crippen molar-refractivity contribution in [2.45, 2.75) is 0 Å². The number of nitriles is 1. The van der Waals surface area contributed by atoms with E-state index in [0.717, 1.165) is 38.8 Å². The SMILES string of the molecule is N#Cc1cc(-n2c3ccccc3c3c(-c4cccc5c4c4ccccc4n5-c4ccccc4)cccc32)nc2ccccc12. The first-order valence-corrected chi connectivity index (χ1v) is 14.7. The Labute approximate surface area is 253 Å². The fourth-order valence-electron chi connectivity index (χ4n) is 6.96. The minimum Gasteiger partial charge on any atom is -0.309 e. The average Bonchev–Trinajstić information content (AvgIpc) is 3.61. The molecule has 0 bridgehead atoms. The molecule has 0 N–H and O–H groups in total. The molecule has 0 saturated carbocycles. The van der Waals surface area contributed by atoms with Crippen LogP contribution in [-0.4, -0.2) is 14.1 Å². The number of pyridine rings is 1. The van der Waals surface area contributed by atoms with E-state index in [1.807, 2.05) is 30.3 Å². The van der Waals surface area contributed by atoms with Crippen molar-refractivity contribution in [3.05, 3.63) is 151 Å². The minimum atomic E-state index is 0.617. The third-order valence-corrected chi connectivity index (χ3v) is 8.75. The standard InChI is InChI=1S/C40H24N4/c41-25-26-24-38(42-33-19-7-4-14-28(26)33)44-35-21-9-6-16-32(35)40-30(18-11-23-37(40)44)29-17-10-22-36-39(29)31-15-5-8-20-34(31)43(36)27-12-2-1-3-13-27/h1-24H. The average molecular weight is 561 g/mol.